The molecule has 1 aromatic carbocycles. The second-order valence-electron chi connectivity index (χ2n) is 2.74. The standard InChI is InChI=1S/C9H9F4NS/c1-14-6-2-4-7(5-3-6)15-9(12,13)8(10)11/h2-5,8,14H,1H3. The van der Waals surface area contributed by atoms with Crippen LogP contribution in [0.2, 0.25) is 0 Å². The molecule has 0 amide bonds. The summed E-state index contributed by atoms with van der Waals surface area (Å²) >= 11 is -0.138. The van der Waals surface area contributed by atoms with E-state index in [1.807, 2.05) is 0 Å². The van der Waals surface area contributed by atoms with Crippen LogP contribution in [-0.2, 0) is 0 Å². The van der Waals surface area contributed by atoms with Gasteiger partial charge in [-0.3, -0.25) is 0 Å². The largest absolute Gasteiger partial charge is 0.388 e. The summed E-state index contributed by atoms with van der Waals surface area (Å²) in [6, 6.07) is 5.83. The van der Waals surface area contributed by atoms with E-state index in [9.17, 15) is 17.6 Å². The van der Waals surface area contributed by atoms with E-state index in [1.54, 1.807) is 19.2 Å². The molecule has 0 aromatic heterocycles. The molecule has 84 valence electrons. The highest BCUT2D eigenvalue weighted by Crippen LogP contribution is 2.40. The van der Waals surface area contributed by atoms with Gasteiger partial charge in [-0.1, -0.05) is 0 Å². The number of benzene rings is 1. The Kier molecular flexibility index (Phi) is 3.84. The van der Waals surface area contributed by atoms with Crippen LogP contribution in [0.4, 0.5) is 23.2 Å². The highest BCUT2D eigenvalue weighted by Gasteiger charge is 2.41. The number of halogens is 4. The van der Waals surface area contributed by atoms with E-state index in [2.05, 4.69) is 5.32 Å². The molecule has 1 nitrogen and oxygen atoms in total. The third kappa shape index (κ3) is 3.30. The normalized spacial score (nSPS) is 11.9. The van der Waals surface area contributed by atoms with Crippen molar-refractivity contribution in [2.24, 2.45) is 0 Å². The summed E-state index contributed by atoms with van der Waals surface area (Å²) < 4.78 is 48.9. The topological polar surface area (TPSA) is 12.0 Å². The minimum Gasteiger partial charge on any atom is -0.388 e. The summed E-state index contributed by atoms with van der Waals surface area (Å²) in [4.78, 5) is 0.110. The molecular formula is C9H9F4NS. The van der Waals surface area contributed by atoms with Gasteiger partial charge in [-0.2, -0.15) is 8.78 Å². The summed E-state index contributed by atoms with van der Waals surface area (Å²) in [5.41, 5.74) is 0.736. The summed E-state index contributed by atoms with van der Waals surface area (Å²) in [5.74, 6) is 0. The lowest BCUT2D eigenvalue weighted by molar-refractivity contribution is -0.0563. The van der Waals surface area contributed by atoms with Crippen molar-refractivity contribution in [3.8, 4) is 0 Å². The van der Waals surface area contributed by atoms with Gasteiger partial charge in [0.25, 0.3) is 0 Å². The Morgan fingerprint density at radius 2 is 1.73 bits per heavy atom. The number of thioether (sulfide) groups is 1. The van der Waals surface area contributed by atoms with E-state index < -0.39 is 11.7 Å². The first-order valence-corrected chi connectivity index (χ1v) is 4.90. The van der Waals surface area contributed by atoms with E-state index in [4.69, 9.17) is 0 Å². The number of rotatable bonds is 4. The van der Waals surface area contributed by atoms with Crippen molar-refractivity contribution < 1.29 is 17.6 Å². The maximum atomic E-state index is 12.6. The Morgan fingerprint density at radius 3 is 2.13 bits per heavy atom. The Balaban J connectivity index is 2.73. The first-order valence-electron chi connectivity index (χ1n) is 4.08. The predicted octanol–water partition coefficient (Wildman–Crippen LogP) is 3.68. The second kappa shape index (κ2) is 4.74. The van der Waals surface area contributed by atoms with Crippen LogP contribution in [0.3, 0.4) is 0 Å². The first kappa shape index (κ1) is 12.2. The van der Waals surface area contributed by atoms with Gasteiger partial charge >= 0.3 is 11.7 Å². The van der Waals surface area contributed by atoms with Crippen molar-refractivity contribution in [1.82, 2.24) is 0 Å². The molecular weight excluding hydrogens is 230 g/mol. The van der Waals surface area contributed by atoms with Gasteiger partial charge in [0.2, 0.25) is 0 Å². The summed E-state index contributed by atoms with van der Waals surface area (Å²) in [7, 11) is 1.68. The number of alkyl halides is 4. The van der Waals surface area contributed by atoms with E-state index in [-0.39, 0.29) is 16.7 Å². The van der Waals surface area contributed by atoms with Gasteiger partial charge in [-0.25, -0.2) is 8.78 Å². The van der Waals surface area contributed by atoms with Crippen LogP contribution in [0.5, 0.6) is 0 Å². The predicted molar refractivity (Wildman–Crippen MR) is 52.8 cm³/mol. The summed E-state index contributed by atoms with van der Waals surface area (Å²) in [6.07, 6.45) is -3.66. The Morgan fingerprint density at radius 1 is 1.20 bits per heavy atom. The van der Waals surface area contributed by atoms with Crippen LogP contribution >= 0.6 is 11.8 Å². The smallest absolute Gasteiger partial charge is 0.357 e. The van der Waals surface area contributed by atoms with Crippen LogP contribution in [0.1, 0.15) is 0 Å². The molecule has 0 atom stereocenters. The SMILES string of the molecule is CNc1ccc(SC(F)(F)C(F)F)cc1. The molecule has 0 aliphatic carbocycles. The molecule has 0 heterocycles. The van der Waals surface area contributed by atoms with Crippen molar-refractivity contribution in [3.63, 3.8) is 0 Å². The van der Waals surface area contributed by atoms with Gasteiger partial charge < -0.3 is 5.32 Å². The van der Waals surface area contributed by atoms with E-state index in [1.165, 1.54) is 12.1 Å². The molecule has 0 fully saturated rings. The molecule has 0 aliphatic rings. The number of hydrogen-bond acceptors (Lipinski definition) is 2. The van der Waals surface area contributed by atoms with Crippen LogP contribution in [0, 0.1) is 0 Å². The van der Waals surface area contributed by atoms with E-state index in [0.29, 0.717) is 0 Å². The average Bonchev–Trinajstić information content (AvgIpc) is 2.18. The van der Waals surface area contributed by atoms with Crippen molar-refractivity contribution in [1.29, 1.82) is 0 Å². The lowest BCUT2D eigenvalue weighted by atomic mass is 10.3. The highest BCUT2D eigenvalue weighted by atomic mass is 32.2. The molecule has 0 radical (unpaired) electrons. The van der Waals surface area contributed by atoms with Crippen LogP contribution in [0.15, 0.2) is 29.2 Å². The van der Waals surface area contributed by atoms with Crippen molar-refractivity contribution in [2.45, 2.75) is 16.6 Å². The fourth-order valence-electron chi connectivity index (χ4n) is 0.891. The van der Waals surface area contributed by atoms with Crippen molar-refractivity contribution in [2.75, 3.05) is 12.4 Å². The number of anilines is 1. The van der Waals surface area contributed by atoms with Gasteiger partial charge in [0.05, 0.1) is 0 Å². The molecule has 0 saturated heterocycles. The zero-order chi connectivity index (χ0) is 11.5. The molecule has 15 heavy (non-hydrogen) atoms. The van der Waals surface area contributed by atoms with Gasteiger partial charge in [0.1, 0.15) is 0 Å². The van der Waals surface area contributed by atoms with Gasteiger partial charge in [0, 0.05) is 17.6 Å². The molecule has 0 saturated carbocycles. The maximum Gasteiger partial charge on any atom is 0.357 e. The molecule has 0 aliphatic heterocycles. The zero-order valence-electron chi connectivity index (χ0n) is 7.81. The van der Waals surface area contributed by atoms with Crippen LogP contribution in [0.25, 0.3) is 0 Å². The molecule has 1 rings (SSSR count). The summed E-state index contributed by atoms with van der Waals surface area (Å²) in [6.45, 7) is 0. The van der Waals surface area contributed by atoms with Gasteiger partial charge in [-0.15, -0.1) is 0 Å². The number of nitrogens with one attached hydrogen (secondary N) is 1. The average molecular weight is 239 g/mol. The van der Waals surface area contributed by atoms with E-state index >= 15 is 0 Å². The lowest BCUT2D eigenvalue weighted by Gasteiger charge is -2.14. The van der Waals surface area contributed by atoms with Crippen LogP contribution < -0.4 is 5.32 Å². The second-order valence-corrected chi connectivity index (χ2v) is 3.96. The van der Waals surface area contributed by atoms with E-state index in [0.717, 1.165) is 5.69 Å². The molecule has 0 bridgehead atoms. The van der Waals surface area contributed by atoms with Gasteiger partial charge in [0.15, 0.2) is 0 Å². The van der Waals surface area contributed by atoms with Crippen molar-refractivity contribution in [3.05, 3.63) is 24.3 Å². The Hall–Kier alpha value is -0.910. The minimum absolute atomic E-state index is 0.110. The van der Waals surface area contributed by atoms with Crippen molar-refractivity contribution >= 4 is 17.4 Å². The Labute approximate surface area is 88.9 Å². The molecule has 0 unspecified atom stereocenters. The monoisotopic (exact) mass is 239 g/mol. The number of hydrogen-bond donors (Lipinski definition) is 1. The fourth-order valence-corrected chi connectivity index (χ4v) is 1.57. The quantitative estimate of drug-likeness (QED) is 0.635. The third-order valence-electron chi connectivity index (χ3n) is 1.65. The highest BCUT2D eigenvalue weighted by molar-refractivity contribution is 8.00. The maximum absolute atomic E-state index is 12.6. The zero-order valence-corrected chi connectivity index (χ0v) is 8.62. The van der Waals surface area contributed by atoms with Crippen LogP contribution in [-0.4, -0.2) is 18.7 Å². The molecule has 1 aromatic rings. The summed E-state index contributed by atoms with van der Waals surface area (Å²) in [5, 5.41) is -1.25. The first-order chi connectivity index (χ1) is 6.95. The molecule has 6 heteroatoms. The molecule has 1 N–H and O–H groups in total. The van der Waals surface area contributed by atoms with Gasteiger partial charge in [-0.05, 0) is 36.0 Å². The fraction of sp³-hybridized carbons (Fsp3) is 0.333. The molecule has 0 spiro atoms. The third-order valence-corrected chi connectivity index (χ3v) is 2.61. The minimum atomic E-state index is -4.04. The Bertz CT molecular complexity index is 312. The lowest BCUT2D eigenvalue weighted by Crippen LogP contribution is -2.21.